The lowest BCUT2D eigenvalue weighted by Gasteiger charge is -2.29. The molecule has 150 valence electrons. The number of aromatic nitrogens is 2. The number of nitrogens with one attached hydrogen (secondary N) is 2. The van der Waals surface area contributed by atoms with Crippen LogP contribution >= 0.6 is 11.6 Å². The highest BCUT2D eigenvalue weighted by atomic mass is 35.5. The van der Waals surface area contributed by atoms with Crippen molar-refractivity contribution in [1.29, 1.82) is 0 Å². The highest BCUT2D eigenvalue weighted by Crippen LogP contribution is 2.14. The molecule has 1 aliphatic heterocycles. The summed E-state index contributed by atoms with van der Waals surface area (Å²) in [6, 6.07) is 15.2. The molecular weight excluding hydrogens is 388 g/mol. The first-order valence-electron chi connectivity index (χ1n) is 9.86. The molecule has 1 fully saturated rings. The van der Waals surface area contributed by atoms with Crippen LogP contribution in [0.15, 0.2) is 53.3 Å². The van der Waals surface area contributed by atoms with E-state index in [0.717, 1.165) is 37.5 Å². The second-order valence-electron chi connectivity index (χ2n) is 7.62. The fourth-order valence-corrected chi connectivity index (χ4v) is 4.09. The maximum Gasteiger partial charge on any atom is 0.274 e. The lowest BCUT2D eigenvalue weighted by Crippen LogP contribution is -3.12. The van der Waals surface area contributed by atoms with Crippen molar-refractivity contribution in [3.63, 3.8) is 0 Å². The summed E-state index contributed by atoms with van der Waals surface area (Å²) < 4.78 is 1.23. The van der Waals surface area contributed by atoms with Crippen LogP contribution in [-0.4, -0.2) is 34.8 Å². The first-order valence-corrected chi connectivity index (χ1v) is 10.2. The van der Waals surface area contributed by atoms with E-state index in [0.29, 0.717) is 16.5 Å². The third-order valence-corrected chi connectivity index (χ3v) is 5.82. The first kappa shape index (κ1) is 19.6. The second kappa shape index (κ2) is 8.35. The molecule has 1 amide bonds. The molecule has 2 N–H and O–H groups in total. The lowest BCUT2D eigenvalue weighted by molar-refractivity contribution is -0.918. The molecule has 0 unspecified atom stereocenters. The monoisotopic (exact) mass is 411 g/mol. The highest BCUT2D eigenvalue weighted by Gasteiger charge is 2.25. The third kappa shape index (κ3) is 4.33. The molecule has 6 nitrogen and oxygen atoms in total. The summed E-state index contributed by atoms with van der Waals surface area (Å²) >= 11 is 5.96. The maximum atomic E-state index is 12.9. The van der Waals surface area contributed by atoms with Crippen LogP contribution in [0.1, 0.15) is 28.9 Å². The molecule has 0 bridgehead atoms. The van der Waals surface area contributed by atoms with Crippen LogP contribution in [0.25, 0.3) is 10.8 Å². The van der Waals surface area contributed by atoms with Gasteiger partial charge in [0.2, 0.25) is 0 Å². The zero-order chi connectivity index (χ0) is 20.4. The van der Waals surface area contributed by atoms with Crippen molar-refractivity contribution in [2.75, 3.05) is 13.1 Å². The van der Waals surface area contributed by atoms with Crippen LogP contribution in [0.2, 0.25) is 5.02 Å². The minimum absolute atomic E-state index is 0.120. The van der Waals surface area contributed by atoms with Gasteiger partial charge in [-0.1, -0.05) is 41.9 Å². The minimum atomic E-state index is -0.219. The summed E-state index contributed by atoms with van der Waals surface area (Å²) in [7, 11) is 1.57. The number of rotatable bonds is 4. The van der Waals surface area contributed by atoms with Crippen molar-refractivity contribution in [2.45, 2.75) is 25.4 Å². The van der Waals surface area contributed by atoms with E-state index in [2.05, 4.69) is 22.5 Å². The van der Waals surface area contributed by atoms with Crippen molar-refractivity contribution < 1.29 is 9.69 Å². The van der Waals surface area contributed by atoms with Crippen LogP contribution in [0, 0.1) is 0 Å². The molecule has 0 aliphatic carbocycles. The standard InChI is InChI=1S/C22H23ClN4O2/c1-26-22(29)19-5-3-2-4-18(19)20(25-26)21(28)24-17-10-12-27(13-11-17)14-15-6-8-16(23)9-7-15/h2-9,17H,10-14H2,1H3,(H,24,28)/p+1. The Hall–Kier alpha value is -2.70. The van der Waals surface area contributed by atoms with Crippen LogP contribution in [0.5, 0.6) is 0 Å². The third-order valence-electron chi connectivity index (χ3n) is 5.57. The van der Waals surface area contributed by atoms with Gasteiger partial charge in [0.1, 0.15) is 6.54 Å². The summed E-state index contributed by atoms with van der Waals surface area (Å²) in [6.07, 6.45) is 1.83. The van der Waals surface area contributed by atoms with Gasteiger partial charge < -0.3 is 10.2 Å². The number of carbonyl (C=O) groups is 1. The molecule has 4 rings (SSSR count). The number of halogens is 1. The van der Waals surface area contributed by atoms with Gasteiger partial charge in [0.15, 0.2) is 5.69 Å². The number of hydrogen-bond acceptors (Lipinski definition) is 3. The Morgan fingerprint density at radius 3 is 2.48 bits per heavy atom. The Balaban J connectivity index is 1.40. The van der Waals surface area contributed by atoms with Gasteiger partial charge in [0.05, 0.1) is 18.5 Å². The second-order valence-corrected chi connectivity index (χ2v) is 8.06. The Morgan fingerprint density at radius 1 is 1.14 bits per heavy atom. The molecule has 0 atom stereocenters. The van der Waals surface area contributed by atoms with E-state index in [-0.39, 0.29) is 17.5 Å². The zero-order valence-corrected chi connectivity index (χ0v) is 17.1. The molecule has 3 aromatic rings. The number of fused-ring (bicyclic) bond motifs is 1. The fourth-order valence-electron chi connectivity index (χ4n) is 3.96. The molecule has 2 heterocycles. The molecule has 0 saturated carbocycles. The van der Waals surface area contributed by atoms with Gasteiger partial charge in [-0.3, -0.25) is 9.59 Å². The lowest BCUT2D eigenvalue weighted by atomic mass is 10.0. The summed E-state index contributed by atoms with van der Waals surface area (Å²) in [5.41, 5.74) is 1.38. The summed E-state index contributed by atoms with van der Waals surface area (Å²) in [5, 5.41) is 9.20. The van der Waals surface area contributed by atoms with Gasteiger partial charge in [-0.2, -0.15) is 5.10 Å². The van der Waals surface area contributed by atoms with E-state index in [1.807, 2.05) is 18.2 Å². The van der Waals surface area contributed by atoms with Crippen LogP contribution < -0.4 is 15.8 Å². The van der Waals surface area contributed by atoms with Gasteiger partial charge in [-0.05, 0) is 18.2 Å². The van der Waals surface area contributed by atoms with E-state index in [1.54, 1.807) is 25.2 Å². The Bertz CT molecular complexity index is 1090. The van der Waals surface area contributed by atoms with Gasteiger partial charge in [-0.25, -0.2) is 4.68 Å². The van der Waals surface area contributed by atoms with Crippen molar-refractivity contribution in [1.82, 2.24) is 15.1 Å². The summed E-state index contributed by atoms with van der Waals surface area (Å²) in [4.78, 5) is 26.6. The number of aryl methyl sites for hydroxylation is 1. The largest absolute Gasteiger partial charge is 0.347 e. The number of quaternary nitrogens is 1. The molecule has 2 aromatic carbocycles. The maximum absolute atomic E-state index is 12.9. The quantitative estimate of drug-likeness (QED) is 0.684. The Labute approximate surface area is 174 Å². The molecule has 0 spiro atoms. The van der Waals surface area contributed by atoms with Crippen LogP contribution in [-0.2, 0) is 13.6 Å². The number of hydrogen-bond donors (Lipinski definition) is 2. The predicted molar refractivity (Wildman–Crippen MR) is 113 cm³/mol. The van der Waals surface area contributed by atoms with E-state index in [9.17, 15) is 9.59 Å². The van der Waals surface area contributed by atoms with Gasteiger partial charge in [0, 0.05) is 41.9 Å². The predicted octanol–water partition coefficient (Wildman–Crippen LogP) is 1.56. The summed E-state index contributed by atoms with van der Waals surface area (Å²) in [6.45, 7) is 2.95. The van der Waals surface area contributed by atoms with E-state index < -0.39 is 0 Å². The van der Waals surface area contributed by atoms with E-state index in [1.165, 1.54) is 15.1 Å². The first-order chi connectivity index (χ1) is 14.0. The molecule has 29 heavy (non-hydrogen) atoms. The Morgan fingerprint density at radius 2 is 1.79 bits per heavy atom. The van der Waals surface area contributed by atoms with Gasteiger partial charge >= 0.3 is 0 Å². The molecular formula is C22H24ClN4O2+. The molecule has 1 aromatic heterocycles. The number of carbonyl (C=O) groups excluding carboxylic acids is 1. The highest BCUT2D eigenvalue weighted by molar-refractivity contribution is 6.30. The molecule has 7 heteroatoms. The van der Waals surface area contributed by atoms with Crippen LogP contribution in [0.4, 0.5) is 0 Å². The average molecular weight is 412 g/mol. The molecule has 1 aliphatic rings. The minimum Gasteiger partial charge on any atom is -0.347 e. The number of nitrogens with zero attached hydrogens (tertiary/aromatic N) is 2. The number of amides is 1. The van der Waals surface area contributed by atoms with Crippen LogP contribution in [0.3, 0.4) is 0 Å². The SMILES string of the molecule is Cn1nc(C(=O)NC2CC[NH+](Cc3ccc(Cl)cc3)CC2)c2ccccc2c1=O. The zero-order valence-electron chi connectivity index (χ0n) is 16.3. The fraction of sp³-hybridized carbons (Fsp3) is 0.318. The molecule has 1 saturated heterocycles. The van der Waals surface area contributed by atoms with Gasteiger partial charge in [-0.15, -0.1) is 0 Å². The molecule has 0 radical (unpaired) electrons. The van der Waals surface area contributed by atoms with E-state index in [4.69, 9.17) is 11.6 Å². The number of likely N-dealkylation sites (tertiary alicyclic amines) is 1. The topological polar surface area (TPSA) is 68.4 Å². The van der Waals surface area contributed by atoms with Crippen molar-refractivity contribution in [3.05, 3.63) is 75.2 Å². The summed E-state index contributed by atoms with van der Waals surface area (Å²) in [5.74, 6) is -0.219. The van der Waals surface area contributed by atoms with Gasteiger partial charge in [0.25, 0.3) is 11.5 Å². The average Bonchev–Trinajstić information content (AvgIpc) is 2.74. The van der Waals surface area contributed by atoms with E-state index >= 15 is 0 Å². The normalized spacial score (nSPS) is 19.2. The van der Waals surface area contributed by atoms with Crippen molar-refractivity contribution in [3.8, 4) is 0 Å². The number of piperidine rings is 1. The Kier molecular flexibility index (Phi) is 5.65. The smallest absolute Gasteiger partial charge is 0.274 e. The van der Waals surface area contributed by atoms with Crippen molar-refractivity contribution in [2.24, 2.45) is 7.05 Å². The van der Waals surface area contributed by atoms with Crippen molar-refractivity contribution >= 4 is 28.3 Å². The number of benzene rings is 2.